The number of anilines is 1. The summed E-state index contributed by atoms with van der Waals surface area (Å²) in [5.41, 5.74) is 0.827. The van der Waals surface area contributed by atoms with E-state index in [2.05, 4.69) is 31.3 Å². The molecule has 1 N–H and O–H groups in total. The topological polar surface area (TPSA) is 85.6 Å². The van der Waals surface area contributed by atoms with Crippen LogP contribution in [0.15, 0.2) is 69.0 Å². The zero-order valence-corrected chi connectivity index (χ0v) is 22.6. The molecular formula is C26H20BrCl2FN4O3. The van der Waals surface area contributed by atoms with Crippen molar-refractivity contribution in [1.82, 2.24) is 9.66 Å². The van der Waals surface area contributed by atoms with Gasteiger partial charge in [-0.1, -0.05) is 58.2 Å². The third-order valence-corrected chi connectivity index (χ3v) is 6.24. The van der Waals surface area contributed by atoms with Crippen molar-refractivity contribution < 1.29 is 13.9 Å². The molecular weight excluding hydrogens is 586 g/mol. The summed E-state index contributed by atoms with van der Waals surface area (Å²) in [5, 5.41) is 7.48. The molecule has 4 rings (SSSR count). The first kappa shape index (κ1) is 26.8. The first-order chi connectivity index (χ1) is 17.8. The Balaban J connectivity index is 1.55. The minimum Gasteiger partial charge on any atom is -0.481 e. The van der Waals surface area contributed by atoms with Gasteiger partial charge in [-0.3, -0.25) is 9.59 Å². The highest BCUT2D eigenvalue weighted by atomic mass is 79.9. The minimum atomic E-state index is -0.582. The fraction of sp³-hybridized carbons (Fsp3) is 0.154. The highest BCUT2D eigenvalue weighted by molar-refractivity contribution is 9.10. The van der Waals surface area contributed by atoms with Crippen LogP contribution in [0.25, 0.3) is 10.9 Å². The van der Waals surface area contributed by atoms with Crippen molar-refractivity contribution in [3.63, 3.8) is 0 Å². The standard InChI is InChI=1S/C26H20BrCl2FN4O3/c1-2-5-23-32-21-9-8-16(27)12-17(21)26(36)34(23)31-13-15-10-18(28)25(19(29)11-15)37-14-24(35)33-22-7-4-3-6-20(22)30/h3-4,6-13H,2,5,14H2,1H3,(H,33,35). The number of amides is 1. The van der Waals surface area contributed by atoms with Gasteiger partial charge in [-0.25, -0.2) is 9.37 Å². The lowest BCUT2D eigenvalue weighted by atomic mass is 10.2. The highest BCUT2D eigenvalue weighted by Crippen LogP contribution is 2.34. The van der Waals surface area contributed by atoms with Gasteiger partial charge < -0.3 is 10.1 Å². The Morgan fingerprint density at radius 3 is 2.62 bits per heavy atom. The number of rotatable bonds is 8. The molecule has 3 aromatic carbocycles. The number of hydrogen-bond donors (Lipinski definition) is 1. The van der Waals surface area contributed by atoms with Gasteiger partial charge in [0.15, 0.2) is 12.4 Å². The summed E-state index contributed by atoms with van der Waals surface area (Å²) < 4.78 is 21.2. The molecule has 190 valence electrons. The summed E-state index contributed by atoms with van der Waals surface area (Å²) in [6, 6.07) is 14.2. The number of benzene rings is 3. The summed E-state index contributed by atoms with van der Waals surface area (Å²) in [7, 11) is 0. The summed E-state index contributed by atoms with van der Waals surface area (Å²) in [4.78, 5) is 29.9. The molecule has 0 spiro atoms. The average Bonchev–Trinajstić information content (AvgIpc) is 2.85. The number of carbonyl (C=O) groups is 1. The lowest BCUT2D eigenvalue weighted by Crippen LogP contribution is -2.22. The van der Waals surface area contributed by atoms with E-state index in [0.717, 1.165) is 10.9 Å². The van der Waals surface area contributed by atoms with Gasteiger partial charge in [-0.2, -0.15) is 9.78 Å². The van der Waals surface area contributed by atoms with Gasteiger partial charge >= 0.3 is 0 Å². The van der Waals surface area contributed by atoms with Gasteiger partial charge in [0.05, 0.1) is 32.9 Å². The van der Waals surface area contributed by atoms with Gasteiger partial charge in [0.25, 0.3) is 11.5 Å². The minimum absolute atomic E-state index is 0.0353. The van der Waals surface area contributed by atoms with Crippen LogP contribution >= 0.6 is 39.1 Å². The number of aryl methyl sites for hydroxylation is 1. The van der Waals surface area contributed by atoms with Crippen LogP contribution in [-0.2, 0) is 11.2 Å². The van der Waals surface area contributed by atoms with Crippen LogP contribution in [0.3, 0.4) is 0 Å². The number of carbonyl (C=O) groups excluding carboxylic acids is 1. The molecule has 0 aliphatic carbocycles. The molecule has 1 aromatic heterocycles. The van der Waals surface area contributed by atoms with Crippen molar-refractivity contribution >= 4 is 67.8 Å². The fourth-order valence-electron chi connectivity index (χ4n) is 3.50. The molecule has 1 heterocycles. The Bertz CT molecular complexity index is 1550. The molecule has 1 amide bonds. The Labute approximate surface area is 230 Å². The van der Waals surface area contributed by atoms with Crippen molar-refractivity contribution in [1.29, 1.82) is 0 Å². The molecule has 0 aliphatic heterocycles. The maximum absolute atomic E-state index is 13.7. The van der Waals surface area contributed by atoms with Gasteiger partial charge in [-0.15, -0.1) is 0 Å². The number of hydrogen-bond acceptors (Lipinski definition) is 5. The van der Waals surface area contributed by atoms with E-state index in [-0.39, 0.29) is 27.0 Å². The normalized spacial score (nSPS) is 11.3. The van der Waals surface area contributed by atoms with Crippen LogP contribution in [0, 0.1) is 5.82 Å². The zero-order valence-electron chi connectivity index (χ0n) is 19.5. The molecule has 4 aromatic rings. The number of fused-ring (bicyclic) bond motifs is 1. The Hall–Kier alpha value is -3.27. The monoisotopic (exact) mass is 604 g/mol. The van der Waals surface area contributed by atoms with Gasteiger partial charge in [0.2, 0.25) is 0 Å². The van der Waals surface area contributed by atoms with Crippen molar-refractivity contribution in [2.75, 3.05) is 11.9 Å². The van der Waals surface area contributed by atoms with Crippen LogP contribution in [0.2, 0.25) is 10.0 Å². The fourth-order valence-corrected chi connectivity index (χ4v) is 4.48. The molecule has 0 saturated heterocycles. The van der Waals surface area contributed by atoms with Crippen molar-refractivity contribution in [2.24, 2.45) is 5.10 Å². The molecule has 7 nitrogen and oxygen atoms in total. The van der Waals surface area contributed by atoms with Crippen molar-refractivity contribution in [3.05, 3.63) is 96.7 Å². The van der Waals surface area contributed by atoms with Crippen LogP contribution in [0.1, 0.15) is 24.7 Å². The molecule has 0 fully saturated rings. The van der Waals surface area contributed by atoms with Gasteiger partial charge in [0.1, 0.15) is 11.6 Å². The second-order valence-corrected chi connectivity index (χ2v) is 9.66. The van der Waals surface area contributed by atoms with Crippen molar-refractivity contribution in [2.45, 2.75) is 19.8 Å². The number of nitrogens with one attached hydrogen (secondary N) is 1. The highest BCUT2D eigenvalue weighted by Gasteiger charge is 2.14. The van der Waals surface area contributed by atoms with Crippen LogP contribution in [0.5, 0.6) is 5.75 Å². The number of halogens is 4. The van der Waals surface area contributed by atoms with Gasteiger partial charge in [0, 0.05) is 10.9 Å². The Morgan fingerprint density at radius 2 is 1.92 bits per heavy atom. The van der Waals surface area contributed by atoms with E-state index >= 15 is 0 Å². The van der Waals surface area contributed by atoms with E-state index < -0.39 is 18.3 Å². The van der Waals surface area contributed by atoms with E-state index in [0.29, 0.717) is 28.7 Å². The molecule has 0 atom stereocenters. The molecule has 11 heteroatoms. The number of ether oxygens (including phenoxy) is 1. The van der Waals surface area contributed by atoms with Crippen LogP contribution in [0.4, 0.5) is 10.1 Å². The van der Waals surface area contributed by atoms with E-state index in [1.54, 1.807) is 18.2 Å². The summed E-state index contributed by atoms with van der Waals surface area (Å²) in [5.74, 6) is -0.533. The third-order valence-electron chi connectivity index (χ3n) is 5.19. The van der Waals surface area contributed by atoms with E-state index in [4.69, 9.17) is 27.9 Å². The quantitative estimate of drug-likeness (QED) is 0.234. The lowest BCUT2D eigenvalue weighted by molar-refractivity contribution is -0.118. The van der Waals surface area contributed by atoms with E-state index in [9.17, 15) is 14.0 Å². The third kappa shape index (κ3) is 6.36. The smallest absolute Gasteiger partial charge is 0.282 e. The first-order valence-corrected chi connectivity index (χ1v) is 12.7. The molecule has 0 unspecified atom stereocenters. The number of para-hydroxylation sites is 1. The number of nitrogens with zero attached hydrogens (tertiary/aromatic N) is 3. The van der Waals surface area contributed by atoms with Gasteiger partial charge in [-0.05, 0) is 54.4 Å². The first-order valence-electron chi connectivity index (χ1n) is 11.2. The molecule has 0 aliphatic rings. The maximum atomic E-state index is 13.7. The van der Waals surface area contributed by atoms with Crippen molar-refractivity contribution in [3.8, 4) is 5.75 Å². The SMILES string of the molecule is CCCc1nc2ccc(Br)cc2c(=O)n1N=Cc1cc(Cl)c(OCC(=O)Nc2ccccc2F)c(Cl)c1. The summed E-state index contributed by atoms with van der Waals surface area (Å²) in [6.07, 6.45) is 2.78. The largest absolute Gasteiger partial charge is 0.481 e. The molecule has 0 radical (unpaired) electrons. The van der Waals surface area contributed by atoms with E-state index in [1.165, 1.54) is 41.2 Å². The average molecular weight is 606 g/mol. The van der Waals surface area contributed by atoms with E-state index in [1.807, 2.05) is 13.0 Å². The lowest BCUT2D eigenvalue weighted by Gasteiger charge is -2.12. The molecule has 0 bridgehead atoms. The summed E-state index contributed by atoms with van der Waals surface area (Å²) in [6.45, 7) is 1.55. The molecule has 0 saturated carbocycles. The number of aromatic nitrogens is 2. The Morgan fingerprint density at radius 1 is 1.19 bits per heavy atom. The predicted octanol–water partition coefficient (Wildman–Crippen LogP) is 6.46. The maximum Gasteiger partial charge on any atom is 0.282 e. The second-order valence-electron chi connectivity index (χ2n) is 7.93. The summed E-state index contributed by atoms with van der Waals surface area (Å²) >= 11 is 16.1. The second kappa shape index (κ2) is 11.9. The predicted molar refractivity (Wildman–Crippen MR) is 148 cm³/mol. The van der Waals surface area contributed by atoms with Crippen LogP contribution < -0.4 is 15.6 Å². The van der Waals surface area contributed by atoms with Crippen LogP contribution in [-0.4, -0.2) is 28.4 Å². The zero-order chi connectivity index (χ0) is 26.5. The molecule has 37 heavy (non-hydrogen) atoms. The Kier molecular flexibility index (Phi) is 8.58.